The lowest BCUT2D eigenvalue weighted by atomic mass is 10.1. The van der Waals surface area contributed by atoms with Crippen LogP contribution < -0.4 is 0 Å². The van der Waals surface area contributed by atoms with Gasteiger partial charge in [-0.25, -0.2) is 0 Å². The van der Waals surface area contributed by atoms with Gasteiger partial charge in [0.2, 0.25) is 0 Å². The highest BCUT2D eigenvalue weighted by Gasteiger charge is 2.19. The molecule has 6 heteroatoms. The van der Waals surface area contributed by atoms with E-state index in [2.05, 4.69) is 240 Å². The molecule has 1 atom stereocenters. The van der Waals surface area contributed by atoms with Crippen LogP contribution in [0.15, 0.2) is 219 Å². The Morgan fingerprint density at radius 2 is 0.457 bits per heavy atom. The molecule has 0 aromatic heterocycles. The van der Waals surface area contributed by atoms with E-state index in [0.29, 0.717) is 19.3 Å². The standard InChI is InChI=1S/C75H110O6/c1-4-7-10-13-16-19-22-25-28-30-32-34-36-37-39-40-42-44-47-50-53-56-59-62-65-68-74(77)80-71-72(70-79-73(76)67-64-61-58-55-52-49-46-27-24-21-18-15-12-9-6-3)81-75(78)69-66-63-60-57-54-51-48-45-43-41-38-35-33-31-29-26-23-20-17-14-11-8-5-2/h7-12,16-21,25-29,32-35,37,39,41-44,46,48,50-53,55,57,60,72H,4-6,13-15,22-24,30-31,36,38,40,45,47,49,54,56,58-59,61-71H2,1-3H3/b10-7-,11-8-,12-9-,19-16-,20-17-,21-18-,28-25-,29-26-,34-32-,35-33-,39-37-,43-41-,44-42-,46-27-,51-48-,53-50-,55-52-,60-57-. The van der Waals surface area contributed by atoms with Gasteiger partial charge in [-0.2, -0.15) is 0 Å². The van der Waals surface area contributed by atoms with Crippen molar-refractivity contribution in [1.29, 1.82) is 0 Å². The number of ether oxygens (including phenoxy) is 3. The SMILES string of the molecule is CC/C=C\C/C=C\C/C=C\C/C=C\C/C=C\C/C=C\C/C=C\CCCCCC(=O)OCC(COC(=O)CCCC/C=C\C/C=C\C/C=C\C/C=C\CC)OC(=O)CCC/C=C\C/C=C\C/C=C\C/C=C\C/C=C\C/C=C\C/C=C\CC. The van der Waals surface area contributed by atoms with Gasteiger partial charge in [0.05, 0.1) is 0 Å². The Kier molecular flexibility index (Phi) is 61.1. The zero-order valence-corrected chi connectivity index (χ0v) is 50.9. The maximum Gasteiger partial charge on any atom is 0.306 e. The minimum absolute atomic E-state index is 0.146. The van der Waals surface area contributed by atoms with Gasteiger partial charge in [-0.15, -0.1) is 0 Å². The van der Waals surface area contributed by atoms with Crippen LogP contribution in [0.3, 0.4) is 0 Å². The van der Waals surface area contributed by atoms with Gasteiger partial charge in [0, 0.05) is 19.3 Å². The molecule has 0 aromatic carbocycles. The van der Waals surface area contributed by atoms with Crippen molar-refractivity contribution < 1.29 is 28.6 Å². The molecule has 6 nitrogen and oxygen atoms in total. The van der Waals surface area contributed by atoms with Crippen molar-refractivity contribution in [2.45, 2.75) is 219 Å². The molecule has 0 aliphatic carbocycles. The third-order valence-corrected chi connectivity index (χ3v) is 12.0. The van der Waals surface area contributed by atoms with Crippen molar-refractivity contribution in [3.63, 3.8) is 0 Å². The highest BCUT2D eigenvalue weighted by molar-refractivity contribution is 5.71. The first-order chi connectivity index (χ1) is 40.0. The van der Waals surface area contributed by atoms with E-state index in [1.165, 1.54) is 0 Å². The number of allylic oxidation sites excluding steroid dienone is 36. The van der Waals surface area contributed by atoms with Crippen LogP contribution >= 0.6 is 0 Å². The summed E-state index contributed by atoms with van der Waals surface area (Å²) in [5.74, 6) is -1.09. The van der Waals surface area contributed by atoms with Crippen LogP contribution in [0.2, 0.25) is 0 Å². The summed E-state index contributed by atoms with van der Waals surface area (Å²) in [4.78, 5) is 38.3. The summed E-state index contributed by atoms with van der Waals surface area (Å²) in [7, 11) is 0. The Bertz CT molecular complexity index is 2050. The van der Waals surface area contributed by atoms with Gasteiger partial charge in [0.1, 0.15) is 13.2 Å². The molecule has 81 heavy (non-hydrogen) atoms. The summed E-state index contributed by atoms with van der Waals surface area (Å²) < 4.78 is 16.8. The fourth-order valence-corrected chi connectivity index (χ4v) is 7.40. The zero-order chi connectivity index (χ0) is 58.5. The molecule has 0 aromatic rings. The second-order valence-electron chi connectivity index (χ2n) is 19.5. The molecule has 0 heterocycles. The summed E-state index contributed by atoms with van der Waals surface area (Å²) in [6, 6.07) is 0. The second kappa shape index (κ2) is 66.2. The first-order valence-corrected chi connectivity index (χ1v) is 31.2. The number of hydrogen-bond acceptors (Lipinski definition) is 6. The Balaban J connectivity index is 4.64. The third-order valence-electron chi connectivity index (χ3n) is 12.0. The summed E-state index contributed by atoms with van der Waals surface area (Å²) >= 11 is 0. The topological polar surface area (TPSA) is 78.9 Å². The number of carbonyl (C=O) groups excluding carboxylic acids is 3. The van der Waals surface area contributed by atoms with E-state index >= 15 is 0 Å². The summed E-state index contributed by atoms with van der Waals surface area (Å²) in [5.41, 5.74) is 0. The number of rotatable bonds is 53. The Morgan fingerprint density at radius 1 is 0.247 bits per heavy atom. The van der Waals surface area contributed by atoms with Crippen molar-refractivity contribution >= 4 is 17.9 Å². The van der Waals surface area contributed by atoms with Gasteiger partial charge >= 0.3 is 17.9 Å². The van der Waals surface area contributed by atoms with Gasteiger partial charge in [-0.3, -0.25) is 14.4 Å². The van der Waals surface area contributed by atoms with Crippen LogP contribution in [-0.2, 0) is 28.6 Å². The van der Waals surface area contributed by atoms with Gasteiger partial charge in [-0.1, -0.05) is 246 Å². The molecular formula is C75H110O6. The van der Waals surface area contributed by atoms with Crippen molar-refractivity contribution in [3.05, 3.63) is 219 Å². The van der Waals surface area contributed by atoms with E-state index in [0.717, 1.165) is 154 Å². The average Bonchev–Trinajstić information content (AvgIpc) is 3.47. The van der Waals surface area contributed by atoms with E-state index in [1.807, 2.05) is 0 Å². The fraction of sp³-hybridized carbons (Fsp3) is 0.480. The molecule has 0 saturated heterocycles. The van der Waals surface area contributed by atoms with Crippen LogP contribution in [-0.4, -0.2) is 37.2 Å². The number of carbonyl (C=O) groups is 3. The number of esters is 3. The van der Waals surface area contributed by atoms with Crippen LogP contribution in [0.4, 0.5) is 0 Å². The molecule has 0 aliphatic rings. The zero-order valence-electron chi connectivity index (χ0n) is 50.9. The Hall–Kier alpha value is -6.27. The highest BCUT2D eigenvalue weighted by atomic mass is 16.6. The molecule has 0 rings (SSSR count). The fourth-order valence-electron chi connectivity index (χ4n) is 7.40. The molecule has 0 N–H and O–H groups in total. The smallest absolute Gasteiger partial charge is 0.306 e. The van der Waals surface area contributed by atoms with E-state index < -0.39 is 12.1 Å². The normalized spacial score (nSPS) is 13.7. The molecule has 0 amide bonds. The van der Waals surface area contributed by atoms with Gasteiger partial charge < -0.3 is 14.2 Å². The lowest BCUT2D eigenvalue weighted by molar-refractivity contribution is -0.167. The molecular weight excluding hydrogens is 997 g/mol. The molecule has 0 spiro atoms. The van der Waals surface area contributed by atoms with Crippen molar-refractivity contribution in [2.75, 3.05) is 13.2 Å². The predicted molar refractivity (Wildman–Crippen MR) is 352 cm³/mol. The minimum atomic E-state index is -0.857. The van der Waals surface area contributed by atoms with Gasteiger partial charge in [0.15, 0.2) is 6.10 Å². The number of unbranched alkanes of at least 4 members (excludes halogenated alkanes) is 6. The maximum atomic E-state index is 12.9. The first kappa shape index (κ1) is 74.7. The quantitative estimate of drug-likeness (QED) is 0.0261. The first-order valence-electron chi connectivity index (χ1n) is 31.2. The monoisotopic (exact) mass is 1110 g/mol. The number of hydrogen-bond donors (Lipinski definition) is 0. The van der Waals surface area contributed by atoms with Crippen molar-refractivity contribution in [2.24, 2.45) is 0 Å². The summed E-state index contributed by atoms with van der Waals surface area (Å²) in [6.07, 6.45) is 104. The van der Waals surface area contributed by atoms with E-state index in [-0.39, 0.29) is 44.4 Å². The molecule has 0 aliphatic heterocycles. The molecule has 0 fully saturated rings. The van der Waals surface area contributed by atoms with E-state index in [1.54, 1.807) is 0 Å². The molecule has 0 radical (unpaired) electrons. The molecule has 446 valence electrons. The highest BCUT2D eigenvalue weighted by Crippen LogP contribution is 2.10. The average molecular weight is 1110 g/mol. The molecule has 0 saturated carbocycles. The summed E-state index contributed by atoms with van der Waals surface area (Å²) in [5, 5.41) is 0. The van der Waals surface area contributed by atoms with Gasteiger partial charge in [0.25, 0.3) is 0 Å². The third kappa shape index (κ3) is 64.4. The van der Waals surface area contributed by atoms with Crippen LogP contribution in [0.1, 0.15) is 213 Å². The lowest BCUT2D eigenvalue weighted by Gasteiger charge is -2.18. The van der Waals surface area contributed by atoms with Crippen LogP contribution in [0, 0.1) is 0 Å². The Morgan fingerprint density at radius 3 is 0.728 bits per heavy atom. The van der Waals surface area contributed by atoms with Crippen LogP contribution in [0.5, 0.6) is 0 Å². The Labute approximate surface area is 495 Å². The molecule has 0 bridgehead atoms. The largest absolute Gasteiger partial charge is 0.462 e. The van der Waals surface area contributed by atoms with E-state index in [4.69, 9.17) is 14.2 Å². The maximum absolute atomic E-state index is 12.9. The predicted octanol–water partition coefficient (Wildman–Crippen LogP) is 21.8. The summed E-state index contributed by atoms with van der Waals surface area (Å²) in [6.45, 7) is 6.16. The van der Waals surface area contributed by atoms with Crippen LogP contribution in [0.25, 0.3) is 0 Å². The lowest BCUT2D eigenvalue weighted by Crippen LogP contribution is -2.30. The van der Waals surface area contributed by atoms with Gasteiger partial charge in [-0.05, 0) is 167 Å². The van der Waals surface area contributed by atoms with E-state index in [9.17, 15) is 14.4 Å². The van der Waals surface area contributed by atoms with Crippen molar-refractivity contribution in [3.8, 4) is 0 Å². The minimum Gasteiger partial charge on any atom is -0.462 e. The second-order valence-corrected chi connectivity index (χ2v) is 19.5. The molecule has 1 unspecified atom stereocenters. The van der Waals surface area contributed by atoms with Crippen molar-refractivity contribution in [1.82, 2.24) is 0 Å².